The lowest BCUT2D eigenvalue weighted by atomic mass is 9.88. The van der Waals surface area contributed by atoms with Gasteiger partial charge in [0.05, 0.1) is 7.11 Å². The van der Waals surface area contributed by atoms with E-state index in [0.29, 0.717) is 13.1 Å². The molecule has 0 spiro atoms. The minimum Gasteiger partial charge on any atom is -0.497 e. The van der Waals surface area contributed by atoms with Gasteiger partial charge >= 0.3 is 0 Å². The topological polar surface area (TPSA) is 41.5 Å². The normalized spacial score (nSPS) is 17.9. The average Bonchev–Trinajstić information content (AvgIpc) is 2.14. The summed E-state index contributed by atoms with van der Waals surface area (Å²) in [6.07, 6.45) is 0. The predicted octanol–water partition coefficient (Wildman–Crippen LogP) is 0.908. The molecule has 1 aromatic carbocycles. The zero-order valence-corrected chi connectivity index (χ0v) is 8.80. The van der Waals surface area contributed by atoms with E-state index in [2.05, 4.69) is 5.32 Å². The smallest absolute Gasteiger partial charge is 0.118 e. The summed E-state index contributed by atoms with van der Waals surface area (Å²) in [6.45, 7) is 1.28. The second-order valence-corrected chi connectivity index (χ2v) is 3.36. The van der Waals surface area contributed by atoms with Crippen molar-refractivity contribution in [2.24, 2.45) is 0 Å². The number of ether oxygens (including phenoxy) is 1. The van der Waals surface area contributed by atoms with Crippen LogP contribution in [0.1, 0.15) is 5.56 Å². The summed E-state index contributed by atoms with van der Waals surface area (Å²) < 4.78 is 5.04. The number of benzene rings is 1. The number of nitrogens with one attached hydrogen (secondary N) is 1. The molecule has 1 aliphatic rings. The van der Waals surface area contributed by atoms with Crippen LogP contribution < -0.4 is 10.1 Å². The Bertz CT molecular complexity index is 295. The molecule has 0 saturated carbocycles. The van der Waals surface area contributed by atoms with Gasteiger partial charge in [0, 0.05) is 13.1 Å². The Morgan fingerprint density at radius 2 is 1.86 bits per heavy atom. The molecule has 0 atom stereocenters. The maximum atomic E-state index is 9.94. The number of β-amino-alcohol motifs (C(OH)–C–C–N with tert-alkyl or cyclic N) is 1. The van der Waals surface area contributed by atoms with Gasteiger partial charge in [0.2, 0.25) is 0 Å². The third-order valence-corrected chi connectivity index (χ3v) is 2.46. The number of methoxy groups -OCH3 is 1. The lowest BCUT2D eigenvalue weighted by molar-refractivity contribution is -0.0146. The predicted molar refractivity (Wildman–Crippen MR) is 57.0 cm³/mol. The minimum absolute atomic E-state index is 0. The van der Waals surface area contributed by atoms with E-state index >= 15 is 0 Å². The van der Waals surface area contributed by atoms with Crippen molar-refractivity contribution >= 4 is 12.4 Å². The largest absolute Gasteiger partial charge is 0.497 e. The average molecular weight is 216 g/mol. The summed E-state index contributed by atoms with van der Waals surface area (Å²) >= 11 is 0. The quantitative estimate of drug-likeness (QED) is 0.771. The van der Waals surface area contributed by atoms with Crippen LogP contribution >= 0.6 is 12.4 Å². The molecule has 14 heavy (non-hydrogen) atoms. The lowest BCUT2D eigenvalue weighted by Gasteiger charge is -2.38. The molecule has 1 aliphatic heterocycles. The number of halogens is 1. The molecule has 0 radical (unpaired) electrons. The second kappa shape index (κ2) is 4.17. The van der Waals surface area contributed by atoms with Gasteiger partial charge in [-0.05, 0) is 17.7 Å². The number of hydrogen-bond donors (Lipinski definition) is 2. The Labute approximate surface area is 89.5 Å². The first-order chi connectivity index (χ1) is 6.24. The van der Waals surface area contributed by atoms with Crippen LogP contribution in [0.2, 0.25) is 0 Å². The van der Waals surface area contributed by atoms with Crippen LogP contribution in [0.5, 0.6) is 5.75 Å². The minimum atomic E-state index is -0.660. The van der Waals surface area contributed by atoms with Crippen molar-refractivity contribution in [3.8, 4) is 5.75 Å². The zero-order chi connectivity index (χ0) is 9.31. The third kappa shape index (κ3) is 1.85. The van der Waals surface area contributed by atoms with Crippen molar-refractivity contribution in [1.82, 2.24) is 5.32 Å². The van der Waals surface area contributed by atoms with Crippen LogP contribution in [0.25, 0.3) is 0 Å². The Balaban J connectivity index is 0.000000980. The van der Waals surface area contributed by atoms with E-state index in [9.17, 15) is 5.11 Å². The maximum Gasteiger partial charge on any atom is 0.118 e. The van der Waals surface area contributed by atoms with E-state index in [4.69, 9.17) is 4.74 Å². The molecule has 1 fully saturated rings. The van der Waals surface area contributed by atoms with E-state index < -0.39 is 5.60 Å². The van der Waals surface area contributed by atoms with Gasteiger partial charge in [-0.1, -0.05) is 12.1 Å². The molecule has 0 aliphatic carbocycles. The second-order valence-electron chi connectivity index (χ2n) is 3.36. The maximum absolute atomic E-state index is 9.94. The molecule has 1 saturated heterocycles. The number of aliphatic hydroxyl groups is 1. The van der Waals surface area contributed by atoms with Crippen LogP contribution in [0.3, 0.4) is 0 Å². The van der Waals surface area contributed by atoms with Crippen LogP contribution in [-0.4, -0.2) is 25.3 Å². The highest BCUT2D eigenvalue weighted by atomic mass is 35.5. The molecule has 0 aromatic heterocycles. The lowest BCUT2D eigenvalue weighted by Crippen LogP contribution is -2.56. The molecule has 4 heteroatoms. The standard InChI is InChI=1S/C10H13NO2.ClH/c1-13-9-4-2-8(3-5-9)10(12)6-11-7-10;/h2-5,11-12H,6-7H2,1H3;1H. The molecule has 2 rings (SSSR count). The zero-order valence-electron chi connectivity index (χ0n) is 7.99. The van der Waals surface area contributed by atoms with Gasteiger partial charge in [0.15, 0.2) is 0 Å². The van der Waals surface area contributed by atoms with Crippen molar-refractivity contribution in [3.63, 3.8) is 0 Å². The van der Waals surface area contributed by atoms with Crippen LogP contribution in [0, 0.1) is 0 Å². The highest BCUT2D eigenvalue weighted by molar-refractivity contribution is 5.85. The highest BCUT2D eigenvalue weighted by Gasteiger charge is 2.35. The summed E-state index contributed by atoms with van der Waals surface area (Å²) in [5.74, 6) is 0.819. The van der Waals surface area contributed by atoms with Gasteiger partial charge < -0.3 is 15.2 Å². The van der Waals surface area contributed by atoms with E-state index in [1.54, 1.807) is 7.11 Å². The van der Waals surface area contributed by atoms with Gasteiger partial charge in [0.1, 0.15) is 11.4 Å². The van der Waals surface area contributed by atoms with Gasteiger partial charge in [-0.2, -0.15) is 0 Å². The number of rotatable bonds is 2. The van der Waals surface area contributed by atoms with Gasteiger partial charge in [-0.15, -0.1) is 12.4 Å². The van der Waals surface area contributed by atoms with Crippen molar-refractivity contribution < 1.29 is 9.84 Å². The molecule has 0 amide bonds. The highest BCUT2D eigenvalue weighted by Crippen LogP contribution is 2.26. The summed E-state index contributed by atoms with van der Waals surface area (Å²) in [6, 6.07) is 7.54. The van der Waals surface area contributed by atoms with E-state index in [1.165, 1.54) is 0 Å². The summed E-state index contributed by atoms with van der Waals surface area (Å²) in [7, 11) is 1.63. The van der Waals surface area contributed by atoms with Crippen LogP contribution in [0.4, 0.5) is 0 Å². The van der Waals surface area contributed by atoms with Crippen molar-refractivity contribution in [2.75, 3.05) is 20.2 Å². The molecule has 1 heterocycles. The van der Waals surface area contributed by atoms with Gasteiger partial charge in [-0.25, -0.2) is 0 Å². The molecule has 2 N–H and O–H groups in total. The fourth-order valence-corrected chi connectivity index (χ4v) is 1.47. The first-order valence-electron chi connectivity index (χ1n) is 4.32. The molecule has 78 valence electrons. The fraction of sp³-hybridized carbons (Fsp3) is 0.400. The Morgan fingerprint density at radius 1 is 1.29 bits per heavy atom. The third-order valence-electron chi connectivity index (χ3n) is 2.46. The Morgan fingerprint density at radius 3 is 2.21 bits per heavy atom. The number of hydrogen-bond acceptors (Lipinski definition) is 3. The van der Waals surface area contributed by atoms with Crippen molar-refractivity contribution in [2.45, 2.75) is 5.60 Å². The van der Waals surface area contributed by atoms with Crippen LogP contribution in [0.15, 0.2) is 24.3 Å². The van der Waals surface area contributed by atoms with E-state index in [1.807, 2.05) is 24.3 Å². The molecule has 3 nitrogen and oxygen atoms in total. The monoisotopic (exact) mass is 215 g/mol. The molecule has 0 bridgehead atoms. The van der Waals surface area contributed by atoms with E-state index in [-0.39, 0.29) is 12.4 Å². The first-order valence-corrected chi connectivity index (χ1v) is 4.32. The van der Waals surface area contributed by atoms with Gasteiger partial charge in [0.25, 0.3) is 0 Å². The van der Waals surface area contributed by atoms with E-state index in [0.717, 1.165) is 11.3 Å². The fourth-order valence-electron chi connectivity index (χ4n) is 1.47. The molecular formula is C10H14ClNO2. The van der Waals surface area contributed by atoms with Crippen LogP contribution in [-0.2, 0) is 5.60 Å². The van der Waals surface area contributed by atoms with Crippen molar-refractivity contribution in [1.29, 1.82) is 0 Å². The Kier molecular flexibility index (Phi) is 3.37. The first kappa shape index (κ1) is 11.3. The SMILES string of the molecule is COc1ccc(C2(O)CNC2)cc1.Cl. The van der Waals surface area contributed by atoms with Gasteiger partial charge in [-0.3, -0.25) is 0 Å². The molecule has 0 unspecified atom stereocenters. The van der Waals surface area contributed by atoms with Crippen molar-refractivity contribution in [3.05, 3.63) is 29.8 Å². The summed E-state index contributed by atoms with van der Waals surface area (Å²) in [5.41, 5.74) is 0.291. The molecule has 1 aromatic rings. The summed E-state index contributed by atoms with van der Waals surface area (Å²) in [4.78, 5) is 0. The Hall–Kier alpha value is -0.770. The molecular weight excluding hydrogens is 202 g/mol. The summed E-state index contributed by atoms with van der Waals surface area (Å²) in [5, 5.41) is 13.0.